The highest BCUT2D eigenvalue weighted by molar-refractivity contribution is 7.99. The van der Waals surface area contributed by atoms with Gasteiger partial charge >= 0.3 is 0 Å². The summed E-state index contributed by atoms with van der Waals surface area (Å²) in [6.07, 6.45) is 1.97. The van der Waals surface area contributed by atoms with E-state index in [1.807, 2.05) is 44.2 Å². The average Bonchev–Trinajstić information content (AvgIpc) is 3.02. The van der Waals surface area contributed by atoms with Gasteiger partial charge < -0.3 is 10.6 Å². The van der Waals surface area contributed by atoms with Crippen LogP contribution in [0.15, 0.2) is 40.4 Å². The Morgan fingerprint density at radius 3 is 2.52 bits per heavy atom. The van der Waals surface area contributed by atoms with E-state index in [1.165, 1.54) is 11.8 Å². The third-order valence-corrected chi connectivity index (χ3v) is 4.54. The Morgan fingerprint density at radius 1 is 1.22 bits per heavy atom. The third-order valence-electron chi connectivity index (χ3n) is 3.67. The molecule has 0 saturated carbocycles. The molecule has 0 radical (unpaired) electrons. The molecule has 1 amide bonds. The van der Waals surface area contributed by atoms with Gasteiger partial charge in [-0.2, -0.15) is 0 Å². The Bertz CT molecular complexity index is 676. The first-order chi connectivity index (χ1) is 11.1. The van der Waals surface area contributed by atoms with Crippen LogP contribution in [0.2, 0.25) is 0 Å². The van der Waals surface area contributed by atoms with Crippen molar-refractivity contribution in [2.45, 2.75) is 42.8 Å². The number of aryl methyl sites for hydroxylation is 2. The second kappa shape index (κ2) is 7.10. The molecule has 1 aromatic heterocycles. The molecule has 120 valence electrons. The normalized spacial score (nSPS) is 17.2. The number of hydrogen-bond acceptors (Lipinski definition) is 5. The molecular weight excluding hydrogens is 308 g/mol. The van der Waals surface area contributed by atoms with Gasteiger partial charge in [0.2, 0.25) is 5.91 Å². The zero-order valence-corrected chi connectivity index (χ0v) is 14.1. The van der Waals surface area contributed by atoms with Crippen LogP contribution in [0.5, 0.6) is 0 Å². The first kappa shape index (κ1) is 16.0. The van der Waals surface area contributed by atoms with Crippen LogP contribution in [0, 0.1) is 13.8 Å². The summed E-state index contributed by atoms with van der Waals surface area (Å²) in [6, 6.07) is 9.68. The quantitative estimate of drug-likeness (QED) is 0.845. The Kier molecular flexibility index (Phi) is 4.93. The third kappa shape index (κ3) is 4.30. The van der Waals surface area contributed by atoms with Gasteiger partial charge in [0.25, 0.3) is 0 Å². The van der Waals surface area contributed by atoms with Crippen molar-refractivity contribution < 1.29 is 4.79 Å². The van der Waals surface area contributed by atoms with Crippen molar-refractivity contribution in [3.05, 3.63) is 41.7 Å². The minimum atomic E-state index is -0.0623. The maximum absolute atomic E-state index is 12.1. The van der Waals surface area contributed by atoms with Gasteiger partial charge in [-0.25, -0.2) is 9.97 Å². The van der Waals surface area contributed by atoms with E-state index in [0.717, 1.165) is 46.5 Å². The van der Waals surface area contributed by atoms with Crippen molar-refractivity contribution in [1.82, 2.24) is 15.3 Å². The molecule has 1 unspecified atom stereocenters. The Balaban J connectivity index is 1.63. The molecule has 2 heterocycles. The fourth-order valence-corrected chi connectivity index (χ4v) is 3.45. The van der Waals surface area contributed by atoms with Crippen molar-refractivity contribution >= 4 is 23.4 Å². The predicted molar refractivity (Wildman–Crippen MR) is 91.7 cm³/mol. The van der Waals surface area contributed by atoms with E-state index < -0.39 is 0 Å². The highest BCUT2D eigenvalue weighted by atomic mass is 32.2. The fourth-order valence-electron chi connectivity index (χ4n) is 2.59. The molecule has 5 nitrogen and oxygen atoms in total. The van der Waals surface area contributed by atoms with Crippen LogP contribution < -0.4 is 10.6 Å². The van der Waals surface area contributed by atoms with Gasteiger partial charge in [-0.15, -0.1) is 0 Å². The minimum Gasteiger partial charge on any atom is -0.325 e. The predicted octanol–water partition coefficient (Wildman–Crippen LogP) is 2.94. The number of aromatic nitrogens is 2. The molecule has 1 aromatic carbocycles. The molecule has 1 fully saturated rings. The van der Waals surface area contributed by atoms with E-state index in [2.05, 4.69) is 20.6 Å². The minimum absolute atomic E-state index is 0.0422. The summed E-state index contributed by atoms with van der Waals surface area (Å²) < 4.78 is 0. The molecular formula is C17H20N4OS. The van der Waals surface area contributed by atoms with Crippen LogP contribution in [-0.4, -0.2) is 28.5 Å². The molecule has 2 N–H and O–H groups in total. The van der Waals surface area contributed by atoms with E-state index in [-0.39, 0.29) is 11.9 Å². The van der Waals surface area contributed by atoms with Crippen LogP contribution in [0.4, 0.5) is 5.69 Å². The molecule has 0 aliphatic carbocycles. The van der Waals surface area contributed by atoms with E-state index in [1.54, 1.807) is 0 Å². The maximum Gasteiger partial charge on any atom is 0.241 e. The van der Waals surface area contributed by atoms with Crippen LogP contribution >= 0.6 is 11.8 Å². The second-order valence-corrected chi connectivity index (χ2v) is 6.74. The second-order valence-electron chi connectivity index (χ2n) is 5.70. The van der Waals surface area contributed by atoms with Crippen LogP contribution in [-0.2, 0) is 4.79 Å². The number of amides is 1. The summed E-state index contributed by atoms with van der Waals surface area (Å²) in [5.41, 5.74) is 2.75. The number of carbonyl (C=O) groups is 1. The Labute approximate surface area is 140 Å². The van der Waals surface area contributed by atoms with Crippen LogP contribution in [0.3, 0.4) is 0 Å². The zero-order valence-electron chi connectivity index (χ0n) is 13.3. The number of benzene rings is 1. The molecule has 0 spiro atoms. The van der Waals surface area contributed by atoms with E-state index in [9.17, 15) is 4.79 Å². The SMILES string of the molecule is Cc1cc(C)nc(Sc2ccc(NC(=O)C3CCCN3)cc2)n1. The average molecular weight is 328 g/mol. The highest BCUT2D eigenvalue weighted by Gasteiger charge is 2.21. The topological polar surface area (TPSA) is 66.9 Å². The summed E-state index contributed by atoms with van der Waals surface area (Å²) in [5.74, 6) is 0.0422. The van der Waals surface area contributed by atoms with E-state index >= 15 is 0 Å². The van der Waals surface area contributed by atoms with Crippen molar-refractivity contribution in [1.29, 1.82) is 0 Å². The Morgan fingerprint density at radius 2 is 1.91 bits per heavy atom. The van der Waals surface area contributed by atoms with Gasteiger partial charge in [-0.05, 0) is 75.3 Å². The molecule has 1 atom stereocenters. The smallest absolute Gasteiger partial charge is 0.241 e. The van der Waals surface area contributed by atoms with Gasteiger partial charge in [0, 0.05) is 22.0 Å². The van der Waals surface area contributed by atoms with Gasteiger partial charge in [-0.1, -0.05) is 0 Å². The van der Waals surface area contributed by atoms with Crippen molar-refractivity contribution in [3.63, 3.8) is 0 Å². The largest absolute Gasteiger partial charge is 0.325 e. The summed E-state index contributed by atoms with van der Waals surface area (Å²) in [5, 5.41) is 6.89. The molecule has 1 aliphatic rings. The summed E-state index contributed by atoms with van der Waals surface area (Å²) in [4.78, 5) is 22.0. The first-order valence-corrected chi connectivity index (χ1v) is 8.56. The molecule has 0 bridgehead atoms. The van der Waals surface area contributed by atoms with Crippen LogP contribution in [0.25, 0.3) is 0 Å². The standard InChI is InChI=1S/C17H20N4OS/c1-11-10-12(2)20-17(19-11)23-14-7-5-13(6-8-14)21-16(22)15-4-3-9-18-15/h5-8,10,15,18H,3-4,9H2,1-2H3,(H,21,22). The van der Waals surface area contributed by atoms with Gasteiger partial charge in [-0.3, -0.25) is 4.79 Å². The molecule has 3 rings (SSSR count). The molecule has 23 heavy (non-hydrogen) atoms. The number of anilines is 1. The number of carbonyl (C=O) groups excluding carboxylic acids is 1. The van der Waals surface area contributed by atoms with Gasteiger partial charge in [0.15, 0.2) is 5.16 Å². The first-order valence-electron chi connectivity index (χ1n) is 7.74. The van der Waals surface area contributed by atoms with Crippen LogP contribution in [0.1, 0.15) is 24.2 Å². The van der Waals surface area contributed by atoms with Crippen molar-refractivity contribution in [2.24, 2.45) is 0 Å². The lowest BCUT2D eigenvalue weighted by molar-refractivity contribution is -0.117. The molecule has 6 heteroatoms. The summed E-state index contributed by atoms with van der Waals surface area (Å²) in [7, 11) is 0. The monoisotopic (exact) mass is 328 g/mol. The zero-order chi connectivity index (χ0) is 16.2. The number of rotatable bonds is 4. The maximum atomic E-state index is 12.1. The molecule has 2 aromatic rings. The fraction of sp³-hybridized carbons (Fsp3) is 0.353. The van der Waals surface area contributed by atoms with Crippen molar-refractivity contribution in [3.8, 4) is 0 Å². The summed E-state index contributed by atoms with van der Waals surface area (Å²) >= 11 is 1.52. The molecule has 1 aliphatic heterocycles. The van der Waals surface area contributed by atoms with E-state index in [0.29, 0.717) is 0 Å². The Hall–Kier alpha value is -1.92. The molecule has 1 saturated heterocycles. The number of nitrogens with one attached hydrogen (secondary N) is 2. The van der Waals surface area contributed by atoms with Gasteiger partial charge in [0.05, 0.1) is 6.04 Å². The van der Waals surface area contributed by atoms with E-state index in [4.69, 9.17) is 0 Å². The van der Waals surface area contributed by atoms with Crippen molar-refractivity contribution in [2.75, 3.05) is 11.9 Å². The lowest BCUT2D eigenvalue weighted by Gasteiger charge is -2.11. The van der Waals surface area contributed by atoms with Gasteiger partial charge in [0.1, 0.15) is 0 Å². The highest BCUT2D eigenvalue weighted by Crippen LogP contribution is 2.26. The number of nitrogens with zero attached hydrogens (tertiary/aromatic N) is 2. The number of hydrogen-bond donors (Lipinski definition) is 2. The lowest BCUT2D eigenvalue weighted by atomic mass is 10.2. The lowest BCUT2D eigenvalue weighted by Crippen LogP contribution is -2.35. The summed E-state index contributed by atoms with van der Waals surface area (Å²) in [6.45, 7) is 4.85.